The Kier molecular flexibility index (Phi) is 4.31. The molecule has 0 N–H and O–H groups in total. The van der Waals surface area contributed by atoms with Crippen LogP contribution in [-0.4, -0.2) is 46.9 Å². The zero-order valence-electron chi connectivity index (χ0n) is 13.4. The van der Waals surface area contributed by atoms with Crippen molar-refractivity contribution in [3.63, 3.8) is 0 Å². The lowest BCUT2D eigenvalue weighted by Crippen LogP contribution is -2.49. The van der Waals surface area contributed by atoms with Crippen LogP contribution in [0.4, 0.5) is 0 Å². The standard InChI is InChI=1S/C18H23N3OS/c22-18(14-5-1-2-6-14)21-11-9-20(10-12-21)13-17-19-15-7-3-4-8-16(15)23-17/h3-4,7-8,14H,1-2,5-6,9-13H2. The van der Waals surface area contributed by atoms with E-state index < -0.39 is 0 Å². The van der Waals surface area contributed by atoms with Crippen LogP contribution in [-0.2, 0) is 11.3 Å². The molecule has 1 aromatic heterocycles. The highest BCUT2D eigenvalue weighted by Crippen LogP contribution is 2.27. The fourth-order valence-corrected chi connectivity index (χ4v) is 4.75. The number of rotatable bonds is 3. The smallest absolute Gasteiger partial charge is 0.225 e. The normalized spacial score (nSPS) is 20.4. The van der Waals surface area contributed by atoms with Crippen molar-refractivity contribution in [2.75, 3.05) is 26.2 Å². The van der Waals surface area contributed by atoms with Crippen molar-refractivity contribution in [2.45, 2.75) is 32.2 Å². The van der Waals surface area contributed by atoms with E-state index in [9.17, 15) is 4.79 Å². The molecule has 0 atom stereocenters. The Morgan fingerprint density at radius 1 is 1.13 bits per heavy atom. The number of nitrogens with zero attached hydrogens (tertiary/aromatic N) is 3. The Hall–Kier alpha value is -1.46. The van der Waals surface area contributed by atoms with E-state index in [2.05, 4.69) is 28.0 Å². The lowest BCUT2D eigenvalue weighted by molar-refractivity contribution is -0.137. The van der Waals surface area contributed by atoms with Gasteiger partial charge in [-0.3, -0.25) is 9.69 Å². The van der Waals surface area contributed by atoms with Crippen molar-refractivity contribution in [2.24, 2.45) is 5.92 Å². The Labute approximate surface area is 141 Å². The van der Waals surface area contributed by atoms with Gasteiger partial charge in [-0.2, -0.15) is 0 Å². The van der Waals surface area contributed by atoms with Gasteiger partial charge in [-0.1, -0.05) is 25.0 Å². The van der Waals surface area contributed by atoms with Crippen LogP contribution in [0, 0.1) is 5.92 Å². The first-order chi connectivity index (χ1) is 11.3. The third-order valence-electron chi connectivity index (χ3n) is 5.09. The van der Waals surface area contributed by atoms with Crippen molar-refractivity contribution in [3.05, 3.63) is 29.3 Å². The molecular formula is C18H23N3OS. The van der Waals surface area contributed by atoms with Crippen molar-refractivity contribution < 1.29 is 4.79 Å². The molecule has 2 heterocycles. The summed E-state index contributed by atoms with van der Waals surface area (Å²) < 4.78 is 1.26. The molecule has 1 aliphatic carbocycles. The molecular weight excluding hydrogens is 306 g/mol. The molecule has 122 valence electrons. The molecule has 2 aromatic rings. The molecule has 1 saturated heterocycles. The molecule has 0 radical (unpaired) electrons. The number of amides is 1. The molecule has 2 aliphatic rings. The first kappa shape index (κ1) is 15.1. The zero-order valence-corrected chi connectivity index (χ0v) is 14.2. The molecule has 0 spiro atoms. The minimum Gasteiger partial charge on any atom is -0.340 e. The topological polar surface area (TPSA) is 36.4 Å². The Morgan fingerprint density at radius 2 is 1.87 bits per heavy atom. The summed E-state index contributed by atoms with van der Waals surface area (Å²) in [7, 11) is 0. The van der Waals surface area contributed by atoms with Gasteiger partial charge in [0.15, 0.2) is 0 Å². The third-order valence-corrected chi connectivity index (χ3v) is 6.11. The van der Waals surface area contributed by atoms with Crippen LogP contribution in [0.3, 0.4) is 0 Å². The molecule has 0 bridgehead atoms. The SMILES string of the molecule is O=C(C1CCCC1)N1CCN(Cc2nc3ccccc3s2)CC1. The minimum atomic E-state index is 0.311. The van der Waals surface area contributed by atoms with Crippen LogP contribution < -0.4 is 0 Å². The number of thiazole rings is 1. The number of fused-ring (bicyclic) bond motifs is 1. The summed E-state index contributed by atoms with van der Waals surface area (Å²) in [6.07, 6.45) is 4.66. The molecule has 1 aromatic carbocycles. The summed E-state index contributed by atoms with van der Waals surface area (Å²) in [6.45, 7) is 4.59. The summed E-state index contributed by atoms with van der Waals surface area (Å²) in [4.78, 5) is 21.7. The highest BCUT2D eigenvalue weighted by Gasteiger charge is 2.29. The second-order valence-corrected chi connectivity index (χ2v) is 7.77. The molecule has 2 fully saturated rings. The second-order valence-electron chi connectivity index (χ2n) is 6.66. The molecule has 23 heavy (non-hydrogen) atoms. The summed E-state index contributed by atoms with van der Waals surface area (Å²) in [5, 5.41) is 1.18. The fourth-order valence-electron chi connectivity index (χ4n) is 3.74. The highest BCUT2D eigenvalue weighted by atomic mass is 32.1. The number of carbonyl (C=O) groups is 1. The summed E-state index contributed by atoms with van der Waals surface area (Å²) in [5.41, 5.74) is 1.10. The van der Waals surface area contributed by atoms with E-state index in [4.69, 9.17) is 4.98 Å². The van der Waals surface area contributed by atoms with Crippen molar-refractivity contribution in [1.82, 2.24) is 14.8 Å². The van der Waals surface area contributed by atoms with Crippen LogP contribution in [0.1, 0.15) is 30.7 Å². The van der Waals surface area contributed by atoms with Gasteiger partial charge >= 0.3 is 0 Å². The average Bonchev–Trinajstić information content (AvgIpc) is 3.24. The summed E-state index contributed by atoms with van der Waals surface area (Å²) in [5.74, 6) is 0.716. The van der Waals surface area contributed by atoms with Gasteiger partial charge in [-0.15, -0.1) is 11.3 Å². The maximum absolute atomic E-state index is 12.5. The number of aromatic nitrogens is 1. The molecule has 1 amide bonds. The van der Waals surface area contributed by atoms with Gasteiger partial charge in [0, 0.05) is 32.1 Å². The van der Waals surface area contributed by atoms with Gasteiger partial charge in [0.2, 0.25) is 5.91 Å². The number of hydrogen-bond acceptors (Lipinski definition) is 4. The van der Waals surface area contributed by atoms with Gasteiger partial charge in [0.05, 0.1) is 16.8 Å². The van der Waals surface area contributed by atoms with Gasteiger partial charge in [-0.25, -0.2) is 4.98 Å². The van der Waals surface area contributed by atoms with Crippen LogP contribution in [0.2, 0.25) is 0 Å². The number of benzene rings is 1. The number of hydrogen-bond donors (Lipinski definition) is 0. The summed E-state index contributed by atoms with van der Waals surface area (Å²) in [6, 6.07) is 8.32. The maximum atomic E-state index is 12.5. The van der Waals surface area contributed by atoms with Gasteiger partial charge in [0.25, 0.3) is 0 Å². The van der Waals surface area contributed by atoms with E-state index in [0.29, 0.717) is 11.8 Å². The van der Waals surface area contributed by atoms with E-state index in [-0.39, 0.29) is 0 Å². The third kappa shape index (κ3) is 3.26. The number of carbonyl (C=O) groups excluding carboxylic acids is 1. The van der Waals surface area contributed by atoms with E-state index >= 15 is 0 Å². The van der Waals surface area contributed by atoms with Crippen LogP contribution in [0.5, 0.6) is 0 Å². The van der Waals surface area contributed by atoms with Crippen LogP contribution in [0.15, 0.2) is 24.3 Å². The average molecular weight is 329 g/mol. The van der Waals surface area contributed by atoms with E-state index in [1.165, 1.54) is 22.5 Å². The predicted octanol–water partition coefficient (Wildman–Crippen LogP) is 3.13. The fraction of sp³-hybridized carbons (Fsp3) is 0.556. The van der Waals surface area contributed by atoms with Crippen molar-refractivity contribution in [3.8, 4) is 0 Å². The Morgan fingerprint density at radius 3 is 2.61 bits per heavy atom. The molecule has 4 nitrogen and oxygen atoms in total. The maximum Gasteiger partial charge on any atom is 0.225 e. The first-order valence-corrected chi connectivity index (χ1v) is 9.47. The first-order valence-electron chi connectivity index (χ1n) is 8.65. The van der Waals surface area contributed by atoms with Crippen LogP contribution >= 0.6 is 11.3 Å². The zero-order chi connectivity index (χ0) is 15.6. The largest absolute Gasteiger partial charge is 0.340 e. The van der Waals surface area contributed by atoms with Crippen molar-refractivity contribution >= 4 is 27.5 Å². The van der Waals surface area contributed by atoms with Crippen LogP contribution in [0.25, 0.3) is 10.2 Å². The van der Waals surface area contributed by atoms with Gasteiger partial charge in [-0.05, 0) is 25.0 Å². The van der Waals surface area contributed by atoms with E-state index in [1.807, 2.05) is 6.07 Å². The number of para-hydroxylation sites is 1. The van der Waals surface area contributed by atoms with E-state index in [0.717, 1.165) is 51.1 Å². The van der Waals surface area contributed by atoms with E-state index in [1.54, 1.807) is 11.3 Å². The number of piperazine rings is 1. The van der Waals surface area contributed by atoms with Crippen molar-refractivity contribution in [1.29, 1.82) is 0 Å². The molecule has 5 heteroatoms. The summed E-state index contributed by atoms with van der Waals surface area (Å²) >= 11 is 1.79. The predicted molar refractivity (Wildman–Crippen MR) is 93.4 cm³/mol. The lowest BCUT2D eigenvalue weighted by atomic mass is 10.1. The minimum absolute atomic E-state index is 0.311. The molecule has 0 unspecified atom stereocenters. The Bertz CT molecular complexity index is 651. The molecule has 1 aliphatic heterocycles. The molecule has 1 saturated carbocycles. The highest BCUT2D eigenvalue weighted by molar-refractivity contribution is 7.18. The quantitative estimate of drug-likeness (QED) is 0.868. The van der Waals surface area contributed by atoms with Gasteiger partial charge < -0.3 is 4.90 Å². The monoisotopic (exact) mass is 329 g/mol. The molecule has 4 rings (SSSR count). The van der Waals surface area contributed by atoms with Gasteiger partial charge in [0.1, 0.15) is 5.01 Å². The second kappa shape index (κ2) is 6.57. The lowest BCUT2D eigenvalue weighted by Gasteiger charge is -2.35. The Balaban J connectivity index is 1.33.